The molecule has 0 bridgehead atoms. The molecule has 0 aliphatic carbocycles. The van der Waals surface area contributed by atoms with Gasteiger partial charge in [-0.05, 0) is 31.5 Å². The van der Waals surface area contributed by atoms with Gasteiger partial charge >= 0.3 is 0 Å². The molecule has 5 nitrogen and oxygen atoms in total. The molecule has 1 amide bonds. The van der Waals surface area contributed by atoms with Gasteiger partial charge < -0.3 is 5.32 Å². The predicted octanol–water partition coefficient (Wildman–Crippen LogP) is 4.23. The number of rotatable bonds is 6. The molecule has 0 radical (unpaired) electrons. The number of aromatic nitrogens is 1. The summed E-state index contributed by atoms with van der Waals surface area (Å²) in [5, 5.41) is 5.04. The number of hydrogen-bond acceptors (Lipinski definition) is 5. The maximum atomic E-state index is 12.3. The summed E-state index contributed by atoms with van der Waals surface area (Å²) in [6, 6.07) is 14.3. The summed E-state index contributed by atoms with van der Waals surface area (Å²) >= 11 is 1.32. The second kappa shape index (κ2) is 8.02. The Morgan fingerprint density at radius 2 is 1.85 bits per heavy atom. The molecule has 7 heteroatoms. The molecule has 0 aliphatic rings. The zero-order chi connectivity index (χ0) is 19.4. The monoisotopic (exact) mass is 400 g/mol. The number of hydrogen-bond donors (Lipinski definition) is 1. The van der Waals surface area contributed by atoms with Gasteiger partial charge in [-0.25, -0.2) is 13.4 Å². The molecule has 0 unspecified atom stereocenters. The topological polar surface area (TPSA) is 76.1 Å². The summed E-state index contributed by atoms with van der Waals surface area (Å²) in [7, 11) is -3.47. The van der Waals surface area contributed by atoms with Crippen LogP contribution in [0.15, 0.2) is 58.8 Å². The minimum absolute atomic E-state index is 0.115. The van der Waals surface area contributed by atoms with Crippen LogP contribution in [0.4, 0.5) is 5.13 Å². The number of nitrogens with zero attached hydrogens (tertiary/aromatic N) is 1. The van der Waals surface area contributed by atoms with Gasteiger partial charge in [-0.15, -0.1) is 11.3 Å². The SMILES string of the molecule is Cc1ccc(-c2csc(NC(=O)CCS(=O)(=O)c3ccccc3)n2)c(C)c1. The standard InChI is InChI=1S/C20H20N2O3S2/c1-14-8-9-17(15(2)12-14)18-13-26-20(21-18)22-19(23)10-11-27(24,25)16-6-4-3-5-7-16/h3-9,12-13H,10-11H2,1-2H3,(H,21,22,23). The molecule has 0 atom stereocenters. The van der Waals surface area contributed by atoms with Gasteiger partial charge in [0.25, 0.3) is 0 Å². The third-order valence-corrected chi connectivity index (χ3v) is 6.60. The normalized spacial score (nSPS) is 11.3. The molecule has 0 saturated carbocycles. The van der Waals surface area contributed by atoms with Gasteiger partial charge in [-0.2, -0.15) is 0 Å². The van der Waals surface area contributed by atoms with Crippen molar-refractivity contribution >= 4 is 32.2 Å². The van der Waals surface area contributed by atoms with Crippen LogP contribution in [0.2, 0.25) is 0 Å². The Balaban J connectivity index is 1.63. The Labute approximate surface area is 163 Å². The number of anilines is 1. The van der Waals surface area contributed by atoms with Gasteiger partial charge in [0.15, 0.2) is 15.0 Å². The number of benzene rings is 2. The lowest BCUT2D eigenvalue weighted by molar-refractivity contribution is -0.115. The van der Waals surface area contributed by atoms with Crippen molar-refractivity contribution in [1.29, 1.82) is 0 Å². The highest BCUT2D eigenvalue weighted by molar-refractivity contribution is 7.91. The van der Waals surface area contributed by atoms with E-state index in [0.717, 1.165) is 16.8 Å². The third kappa shape index (κ3) is 4.81. The van der Waals surface area contributed by atoms with E-state index >= 15 is 0 Å². The van der Waals surface area contributed by atoms with Crippen LogP contribution in [-0.2, 0) is 14.6 Å². The quantitative estimate of drug-likeness (QED) is 0.672. The van der Waals surface area contributed by atoms with Crippen molar-refractivity contribution in [1.82, 2.24) is 4.98 Å². The minimum Gasteiger partial charge on any atom is -0.302 e. The first kappa shape index (κ1) is 19.3. The Bertz CT molecular complexity index is 1060. The molecule has 2 aromatic carbocycles. The number of aryl methyl sites for hydroxylation is 2. The van der Waals surface area contributed by atoms with Crippen molar-refractivity contribution < 1.29 is 13.2 Å². The number of carbonyl (C=O) groups excluding carboxylic acids is 1. The molecule has 1 heterocycles. The molecule has 3 rings (SSSR count). The van der Waals surface area contributed by atoms with Gasteiger partial charge in [0.1, 0.15) is 0 Å². The van der Waals surface area contributed by atoms with Crippen molar-refractivity contribution in [3.63, 3.8) is 0 Å². The second-order valence-corrected chi connectivity index (χ2v) is 9.25. The smallest absolute Gasteiger partial charge is 0.227 e. The van der Waals surface area contributed by atoms with Crippen LogP contribution < -0.4 is 5.32 Å². The molecular weight excluding hydrogens is 380 g/mol. The molecule has 1 aromatic heterocycles. The zero-order valence-electron chi connectivity index (χ0n) is 15.1. The van der Waals surface area contributed by atoms with Gasteiger partial charge in [-0.1, -0.05) is 42.0 Å². The first-order chi connectivity index (χ1) is 12.8. The fraction of sp³-hybridized carbons (Fsp3) is 0.200. The predicted molar refractivity (Wildman–Crippen MR) is 109 cm³/mol. The first-order valence-corrected chi connectivity index (χ1v) is 11.0. The van der Waals surface area contributed by atoms with E-state index < -0.39 is 9.84 Å². The van der Waals surface area contributed by atoms with E-state index in [4.69, 9.17) is 0 Å². The van der Waals surface area contributed by atoms with E-state index in [1.54, 1.807) is 18.2 Å². The molecular formula is C20H20N2O3S2. The van der Waals surface area contributed by atoms with Crippen LogP contribution in [0.25, 0.3) is 11.3 Å². The highest BCUT2D eigenvalue weighted by atomic mass is 32.2. The van der Waals surface area contributed by atoms with Crippen LogP contribution in [0.1, 0.15) is 17.5 Å². The van der Waals surface area contributed by atoms with Crippen LogP contribution in [0, 0.1) is 13.8 Å². The lowest BCUT2D eigenvalue weighted by atomic mass is 10.0. The summed E-state index contributed by atoms with van der Waals surface area (Å²) in [4.78, 5) is 16.8. The second-order valence-electron chi connectivity index (χ2n) is 6.29. The van der Waals surface area contributed by atoms with Crippen molar-refractivity contribution in [2.75, 3.05) is 11.1 Å². The number of carbonyl (C=O) groups is 1. The lowest BCUT2D eigenvalue weighted by Crippen LogP contribution is -2.17. The van der Waals surface area contributed by atoms with E-state index in [9.17, 15) is 13.2 Å². The van der Waals surface area contributed by atoms with E-state index in [1.165, 1.54) is 29.0 Å². The molecule has 0 spiro atoms. The number of nitrogens with one attached hydrogen (secondary N) is 1. The molecule has 140 valence electrons. The van der Waals surface area contributed by atoms with Gasteiger partial charge in [0.05, 0.1) is 16.3 Å². The van der Waals surface area contributed by atoms with Crippen LogP contribution in [0.5, 0.6) is 0 Å². The van der Waals surface area contributed by atoms with Crippen molar-refractivity contribution in [2.24, 2.45) is 0 Å². The Morgan fingerprint density at radius 1 is 1.11 bits per heavy atom. The van der Waals surface area contributed by atoms with Crippen LogP contribution in [0.3, 0.4) is 0 Å². The zero-order valence-corrected chi connectivity index (χ0v) is 16.7. The number of thiazole rings is 1. The van der Waals surface area contributed by atoms with E-state index in [2.05, 4.69) is 16.4 Å². The van der Waals surface area contributed by atoms with Crippen molar-refractivity contribution in [3.05, 3.63) is 65.0 Å². The van der Waals surface area contributed by atoms with Gasteiger partial charge in [-0.3, -0.25) is 4.79 Å². The largest absolute Gasteiger partial charge is 0.302 e. The number of amides is 1. The van der Waals surface area contributed by atoms with E-state index in [0.29, 0.717) is 5.13 Å². The van der Waals surface area contributed by atoms with Crippen LogP contribution in [-0.4, -0.2) is 25.1 Å². The van der Waals surface area contributed by atoms with Crippen LogP contribution >= 0.6 is 11.3 Å². The third-order valence-electron chi connectivity index (χ3n) is 4.11. The van der Waals surface area contributed by atoms with Crippen molar-refractivity contribution in [3.8, 4) is 11.3 Å². The Hall–Kier alpha value is -2.51. The summed E-state index contributed by atoms with van der Waals surface area (Å²) < 4.78 is 24.5. The lowest BCUT2D eigenvalue weighted by Gasteiger charge is -2.05. The fourth-order valence-corrected chi connectivity index (χ4v) is 4.70. The average Bonchev–Trinajstić information content (AvgIpc) is 3.09. The average molecular weight is 401 g/mol. The summed E-state index contributed by atoms with van der Waals surface area (Å²) in [6.45, 7) is 4.06. The maximum Gasteiger partial charge on any atom is 0.227 e. The molecule has 0 aliphatic heterocycles. The van der Waals surface area contributed by atoms with Gasteiger partial charge in [0, 0.05) is 17.4 Å². The highest BCUT2D eigenvalue weighted by Crippen LogP contribution is 2.28. The van der Waals surface area contributed by atoms with E-state index in [-0.39, 0.29) is 23.0 Å². The number of sulfone groups is 1. The molecule has 0 fully saturated rings. The summed E-state index contributed by atoms with van der Waals surface area (Å²) in [5.74, 6) is -0.603. The maximum absolute atomic E-state index is 12.3. The van der Waals surface area contributed by atoms with Gasteiger partial charge in [0.2, 0.25) is 5.91 Å². The summed E-state index contributed by atoms with van der Waals surface area (Å²) in [5.41, 5.74) is 4.11. The Kier molecular flexibility index (Phi) is 5.72. The summed E-state index contributed by atoms with van der Waals surface area (Å²) in [6.07, 6.45) is -0.115. The minimum atomic E-state index is -3.47. The van der Waals surface area contributed by atoms with E-state index in [1.807, 2.05) is 31.4 Å². The molecule has 1 N–H and O–H groups in total. The molecule has 3 aromatic rings. The first-order valence-electron chi connectivity index (χ1n) is 8.46. The molecule has 27 heavy (non-hydrogen) atoms. The fourth-order valence-electron chi connectivity index (χ4n) is 2.71. The van der Waals surface area contributed by atoms with Crippen molar-refractivity contribution in [2.45, 2.75) is 25.2 Å². The highest BCUT2D eigenvalue weighted by Gasteiger charge is 2.17. The Morgan fingerprint density at radius 3 is 2.56 bits per heavy atom. The molecule has 0 saturated heterocycles.